The Bertz CT molecular complexity index is 626. The lowest BCUT2D eigenvalue weighted by Gasteiger charge is -2.37. The Hall–Kier alpha value is -1.71. The molecule has 128 valence electrons. The molecule has 1 aromatic carbocycles. The van der Waals surface area contributed by atoms with Gasteiger partial charge in [0.25, 0.3) is 0 Å². The number of rotatable bonds is 6. The van der Waals surface area contributed by atoms with Crippen LogP contribution in [0.15, 0.2) is 48.5 Å². The van der Waals surface area contributed by atoms with E-state index in [1.54, 1.807) is 0 Å². The highest BCUT2D eigenvalue weighted by atomic mass is 15.2. The molecule has 0 unspecified atom stereocenters. The average Bonchev–Trinajstić information content (AvgIpc) is 2.61. The van der Waals surface area contributed by atoms with Gasteiger partial charge in [-0.15, -0.1) is 0 Å². The lowest BCUT2D eigenvalue weighted by Crippen LogP contribution is -2.46. The van der Waals surface area contributed by atoms with Gasteiger partial charge in [0.05, 0.1) is 5.69 Å². The fraction of sp³-hybridized carbons (Fsp3) is 0.476. The SMILES string of the molecule is Cc1cccc(CN(C)[C@H]2CCCN(CCc3ccccc3)C2)n1. The van der Waals surface area contributed by atoms with Gasteiger partial charge in [-0.05, 0) is 57.5 Å². The molecule has 1 aliphatic heterocycles. The highest BCUT2D eigenvalue weighted by Crippen LogP contribution is 2.17. The summed E-state index contributed by atoms with van der Waals surface area (Å²) in [6.07, 6.45) is 3.74. The highest BCUT2D eigenvalue weighted by molar-refractivity contribution is 5.15. The molecule has 0 spiro atoms. The van der Waals surface area contributed by atoms with Crippen LogP contribution in [0.3, 0.4) is 0 Å². The maximum absolute atomic E-state index is 4.65. The summed E-state index contributed by atoms with van der Waals surface area (Å²) in [6, 6.07) is 17.8. The van der Waals surface area contributed by atoms with Gasteiger partial charge < -0.3 is 4.90 Å². The first-order valence-electron chi connectivity index (χ1n) is 9.10. The fourth-order valence-electron chi connectivity index (χ4n) is 3.60. The lowest BCUT2D eigenvalue weighted by molar-refractivity contribution is 0.112. The molecule has 1 atom stereocenters. The largest absolute Gasteiger partial charge is 0.301 e. The number of likely N-dealkylation sites (tertiary alicyclic amines) is 1. The number of nitrogens with zero attached hydrogens (tertiary/aromatic N) is 3. The zero-order chi connectivity index (χ0) is 16.8. The summed E-state index contributed by atoms with van der Waals surface area (Å²) in [7, 11) is 2.25. The minimum atomic E-state index is 0.636. The predicted molar refractivity (Wildman–Crippen MR) is 100 cm³/mol. The Morgan fingerprint density at radius 2 is 1.96 bits per heavy atom. The van der Waals surface area contributed by atoms with E-state index in [-0.39, 0.29) is 0 Å². The van der Waals surface area contributed by atoms with Crippen LogP contribution in [0.1, 0.15) is 29.8 Å². The fourth-order valence-corrected chi connectivity index (χ4v) is 3.60. The second-order valence-corrected chi connectivity index (χ2v) is 7.02. The van der Waals surface area contributed by atoms with Crippen LogP contribution in [-0.2, 0) is 13.0 Å². The molecule has 0 aliphatic carbocycles. The van der Waals surface area contributed by atoms with Crippen molar-refractivity contribution < 1.29 is 0 Å². The summed E-state index contributed by atoms with van der Waals surface area (Å²) in [5, 5.41) is 0. The normalized spacial score (nSPS) is 18.9. The second-order valence-electron chi connectivity index (χ2n) is 7.02. The zero-order valence-corrected chi connectivity index (χ0v) is 15.0. The summed E-state index contributed by atoms with van der Waals surface area (Å²) in [4.78, 5) is 9.76. The first-order chi connectivity index (χ1) is 11.7. The van der Waals surface area contributed by atoms with Crippen molar-refractivity contribution in [1.29, 1.82) is 0 Å². The van der Waals surface area contributed by atoms with E-state index in [0.717, 1.165) is 25.2 Å². The first kappa shape index (κ1) is 17.1. The molecule has 1 saturated heterocycles. The van der Waals surface area contributed by atoms with E-state index in [2.05, 4.69) is 77.3 Å². The molecule has 1 aromatic heterocycles. The molecule has 1 aliphatic rings. The molecule has 2 aromatic rings. The molecule has 0 amide bonds. The van der Waals surface area contributed by atoms with E-state index < -0.39 is 0 Å². The number of piperidine rings is 1. The summed E-state index contributed by atoms with van der Waals surface area (Å²) in [6.45, 7) is 6.58. The third kappa shape index (κ3) is 4.89. The molecule has 3 heteroatoms. The molecule has 3 rings (SSSR count). The van der Waals surface area contributed by atoms with Gasteiger partial charge in [0.15, 0.2) is 0 Å². The van der Waals surface area contributed by atoms with Crippen molar-refractivity contribution in [2.45, 2.75) is 38.8 Å². The van der Waals surface area contributed by atoms with Crippen LogP contribution in [-0.4, -0.2) is 47.5 Å². The minimum absolute atomic E-state index is 0.636. The molecule has 3 nitrogen and oxygen atoms in total. The first-order valence-corrected chi connectivity index (χ1v) is 9.10. The van der Waals surface area contributed by atoms with Gasteiger partial charge >= 0.3 is 0 Å². The molecule has 24 heavy (non-hydrogen) atoms. The Morgan fingerprint density at radius 3 is 2.75 bits per heavy atom. The summed E-state index contributed by atoms with van der Waals surface area (Å²) >= 11 is 0. The molecule has 0 bridgehead atoms. The maximum atomic E-state index is 4.65. The third-order valence-electron chi connectivity index (χ3n) is 5.02. The second kappa shape index (κ2) is 8.41. The van der Waals surface area contributed by atoms with Gasteiger partial charge in [0.2, 0.25) is 0 Å². The molecule has 1 fully saturated rings. The Kier molecular flexibility index (Phi) is 6.00. The van der Waals surface area contributed by atoms with Crippen LogP contribution in [0, 0.1) is 6.92 Å². The number of aryl methyl sites for hydroxylation is 1. The quantitative estimate of drug-likeness (QED) is 0.811. The molecular formula is C21H29N3. The maximum Gasteiger partial charge on any atom is 0.0547 e. The van der Waals surface area contributed by atoms with Gasteiger partial charge in [0, 0.05) is 31.4 Å². The third-order valence-corrected chi connectivity index (χ3v) is 5.02. The van der Waals surface area contributed by atoms with Gasteiger partial charge in [-0.2, -0.15) is 0 Å². The topological polar surface area (TPSA) is 19.4 Å². The van der Waals surface area contributed by atoms with Gasteiger partial charge in [-0.3, -0.25) is 9.88 Å². The van der Waals surface area contributed by atoms with Gasteiger partial charge in [-0.25, -0.2) is 0 Å². The van der Waals surface area contributed by atoms with E-state index >= 15 is 0 Å². The van der Waals surface area contributed by atoms with E-state index in [9.17, 15) is 0 Å². The number of hydrogen-bond donors (Lipinski definition) is 0. The van der Waals surface area contributed by atoms with E-state index in [4.69, 9.17) is 0 Å². The summed E-state index contributed by atoms with van der Waals surface area (Å²) < 4.78 is 0. The van der Waals surface area contributed by atoms with E-state index in [1.165, 1.54) is 37.2 Å². The van der Waals surface area contributed by atoms with Gasteiger partial charge in [-0.1, -0.05) is 36.4 Å². The van der Waals surface area contributed by atoms with Gasteiger partial charge in [0.1, 0.15) is 0 Å². The van der Waals surface area contributed by atoms with Crippen LogP contribution < -0.4 is 0 Å². The number of likely N-dealkylation sites (N-methyl/N-ethyl adjacent to an activating group) is 1. The van der Waals surface area contributed by atoms with E-state index in [1.807, 2.05) is 0 Å². The van der Waals surface area contributed by atoms with Crippen molar-refractivity contribution >= 4 is 0 Å². The highest BCUT2D eigenvalue weighted by Gasteiger charge is 2.23. The predicted octanol–water partition coefficient (Wildman–Crippen LogP) is 3.53. The van der Waals surface area contributed by atoms with Crippen LogP contribution in [0.5, 0.6) is 0 Å². The molecule has 2 heterocycles. The Balaban J connectivity index is 1.51. The number of hydrogen-bond acceptors (Lipinski definition) is 3. The molecular weight excluding hydrogens is 294 g/mol. The number of benzene rings is 1. The standard InChI is InChI=1S/C21H29N3/c1-18-8-6-11-20(22-18)16-23(2)21-12-7-14-24(17-21)15-13-19-9-4-3-5-10-19/h3-6,8-11,21H,7,12-17H2,1-2H3/t21-/m0/s1. The number of aromatic nitrogens is 1. The smallest absolute Gasteiger partial charge is 0.0547 e. The lowest BCUT2D eigenvalue weighted by atomic mass is 10.0. The summed E-state index contributed by atoms with van der Waals surface area (Å²) in [5.41, 5.74) is 3.73. The Morgan fingerprint density at radius 1 is 1.12 bits per heavy atom. The van der Waals surface area contributed by atoms with Crippen molar-refractivity contribution in [3.63, 3.8) is 0 Å². The molecule has 0 N–H and O–H groups in total. The van der Waals surface area contributed by atoms with E-state index in [0.29, 0.717) is 6.04 Å². The van der Waals surface area contributed by atoms with Crippen LogP contribution in [0.2, 0.25) is 0 Å². The van der Waals surface area contributed by atoms with Crippen molar-refractivity contribution in [2.24, 2.45) is 0 Å². The Labute approximate surface area is 146 Å². The van der Waals surface area contributed by atoms with Crippen LogP contribution >= 0.6 is 0 Å². The molecule has 0 saturated carbocycles. The number of pyridine rings is 1. The van der Waals surface area contributed by atoms with Crippen molar-refractivity contribution in [3.05, 3.63) is 65.5 Å². The van der Waals surface area contributed by atoms with Crippen molar-refractivity contribution in [2.75, 3.05) is 26.7 Å². The van der Waals surface area contributed by atoms with Crippen LogP contribution in [0.4, 0.5) is 0 Å². The van der Waals surface area contributed by atoms with Crippen molar-refractivity contribution in [3.8, 4) is 0 Å². The zero-order valence-electron chi connectivity index (χ0n) is 15.0. The summed E-state index contributed by atoms with van der Waals surface area (Å²) in [5.74, 6) is 0. The minimum Gasteiger partial charge on any atom is -0.301 e. The van der Waals surface area contributed by atoms with Crippen molar-refractivity contribution in [1.82, 2.24) is 14.8 Å². The molecule has 0 radical (unpaired) electrons. The van der Waals surface area contributed by atoms with Crippen LogP contribution in [0.25, 0.3) is 0 Å². The average molecular weight is 323 g/mol. The monoisotopic (exact) mass is 323 g/mol.